The summed E-state index contributed by atoms with van der Waals surface area (Å²) >= 11 is 0. The van der Waals surface area contributed by atoms with Crippen LogP contribution in [0.1, 0.15) is 76.7 Å². The van der Waals surface area contributed by atoms with Gasteiger partial charge >= 0.3 is 18.3 Å². The van der Waals surface area contributed by atoms with Crippen LogP contribution in [0.4, 0.5) is 39.5 Å². The first-order chi connectivity index (χ1) is 22.3. The number of rotatable bonds is 15. The summed E-state index contributed by atoms with van der Waals surface area (Å²) < 4.78 is 151. The fourth-order valence-electron chi connectivity index (χ4n) is 5.81. The Bertz CT molecular complexity index is 1310. The highest BCUT2D eigenvalue weighted by atomic mass is 19.3. The number of hydrogen-bond acceptors (Lipinski definition) is 5. The molecule has 0 spiro atoms. The van der Waals surface area contributed by atoms with Crippen molar-refractivity contribution in [3.63, 3.8) is 0 Å². The van der Waals surface area contributed by atoms with Crippen LogP contribution in [0, 0.1) is 35.2 Å². The molecule has 1 aliphatic heterocycles. The van der Waals surface area contributed by atoms with Gasteiger partial charge in [-0.2, -0.15) is 26.3 Å². The topological polar surface area (TPSA) is 46.2 Å². The van der Waals surface area contributed by atoms with Crippen molar-refractivity contribution in [3.05, 3.63) is 65.7 Å². The molecule has 1 saturated heterocycles. The van der Waals surface area contributed by atoms with Crippen molar-refractivity contribution < 1.29 is 63.2 Å². The second kappa shape index (κ2) is 16.3. The van der Waals surface area contributed by atoms with Gasteiger partial charge in [-0.1, -0.05) is 26.2 Å². The molecule has 1 aliphatic carbocycles. The van der Waals surface area contributed by atoms with Crippen LogP contribution >= 0.6 is 0 Å². The molecule has 0 amide bonds. The highest BCUT2D eigenvalue weighted by Gasteiger charge is 2.45. The molecule has 47 heavy (non-hydrogen) atoms. The molecule has 2 aliphatic rings. The summed E-state index contributed by atoms with van der Waals surface area (Å²) in [5.74, 6) is -8.73. The molecule has 4 rings (SSSR count). The van der Waals surface area contributed by atoms with Crippen LogP contribution in [0.25, 0.3) is 0 Å². The number of halogens is 9. The van der Waals surface area contributed by atoms with Crippen LogP contribution in [-0.4, -0.2) is 25.6 Å². The van der Waals surface area contributed by atoms with E-state index in [0.29, 0.717) is 56.6 Å². The Hall–Kier alpha value is -3.13. The summed E-state index contributed by atoms with van der Waals surface area (Å²) in [5, 5.41) is 0. The maximum Gasteiger partial charge on any atom is 0.429 e. The summed E-state index contributed by atoms with van der Waals surface area (Å²) in [6, 6.07) is 1.90. The summed E-state index contributed by atoms with van der Waals surface area (Å²) in [7, 11) is 0. The molecule has 0 N–H and O–H groups in total. The molecule has 14 heteroatoms. The molecule has 1 saturated carbocycles. The molecule has 5 nitrogen and oxygen atoms in total. The van der Waals surface area contributed by atoms with Crippen molar-refractivity contribution in [3.8, 4) is 17.2 Å². The largest absolute Gasteiger partial charge is 0.453 e. The molecule has 0 atom stereocenters. The van der Waals surface area contributed by atoms with E-state index >= 15 is 8.78 Å². The van der Waals surface area contributed by atoms with E-state index in [1.165, 1.54) is 6.42 Å². The number of ether oxygens (including phenoxy) is 5. The third-order valence-corrected chi connectivity index (χ3v) is 8.38. The van der Waals surface area contributed by atoms with Crippen LogP contribution in [0.2, 0.25) is 0 Å². The predicted molar refractivity (Wildman–Crippen MR) is 152 cm³/mol. The van der Waals surface area contributed by atoms with E-state index in [-0.39, 0.29) is 43.4 Å². The normalized spacial score (nSPS) is 22.1. The summed E-state index contributed by atoms with van der Waals surface area (Å²) in [5.41, 5.74) is -1.44. The van der Waals surface area contributed by atoms with Gasteiger partial charge in [0.25, 0.3) is 0 Å². The monoisotopic (exact) mass is 684 g/mol. The summed E-state index contributed by atoms with van der Waals surface area (Å²) in [6.45, 7) is 3.47. The lowest BCUT2D eigenvalue weighted by Gasteiger charge is -2.34. The van der Waals surface area contributed by atoms with Gasteiger partial charge in [-0.05, 0) is 63.0 Å². The van der Waals surface area contributed by atoms with Gasteiger partial charge in [0.15, 0.2) is 29.9 Å². The third kappa shape index (κ3) is 10.4. The fourth-order valence-corrected chi connectivity index (χ4v) is 5.81. The Morgan fingerprint density at radius 3 is 2.02 bits per heavy atom. The van der Waals surface area contributed by atoms with Gasteiger partial charge in [-0.15, -0.1) is 0 Å². The smallest absolute Gasteiger partial charge is 0.429 e. The molecule has 262 valence electrons. The lowest BCUT2D eigenvalue weighted by molar-refractivity contribution is -0.224. The van der Waals surface area contributed by atoms with E-state index in [4.69, 9.17) is 14.2 Å². The highest BCUT2D eigenvalue weighted by Crippen LogP contribution is 2.43. The number of alkyl halides is 4. The van der Waals surface area contributed by atoms with E-state index in [2.05, 4.69) is 16.4 Å². The Morgan fingerprint density at radius 2 is 1.43 bits per heavy atom. The second-order valence-electron chi connectivity index (χ2n) is 11.9. The zero-order valence-electron chi connectivity index (χ0n) is 25.7. The van der Waals surface area contributed by atoms with E-state index in [1.807, 2.05) is 0 Å². The van der Waals surface area contributed by atoms with Crippen molar-refractivity contribution in [2.45, 2.75) is 89.6 Å². The SMILES string of the molecule is CCCCCC1COC(CCC2CCC(C(F)(F)Oc3ccc(C(F)(F)Oc4cc(F)c(OC=C(F)F)c(F)c4)c(F)c3)CC2)OC1. The highest BCUT2D eigenvalue weighted by molar-refractivity contribution is 5.37. The molecule has 1 heterocycles. The lowest BCUT2D eigenvalue weighted by Crippen LogP contribution is -2.37. The van der Waals surface area contributed by atoms with Gasteiger partial charge in [0, 0.05) is 24.1 Å². The van der Waals surface area contributed by atoms with Crippen LogP contribution in [0.5, 0.6) is 17.2 Å². The Labute approximate surface area is 267 Å². The van der Waals surface area contributed by atoms with E-state index in [0.717, 1.165) is 25.7 Å². The molecule has 0 bridgehead atoms. The first-order valence-electron chi connectivity index (χ1n) is 15.6. The minimum Gasteiger partial charge on any atom is -0.453 e. The Balaban J connectivity index is 1.26. The van der Waals surface area contributed by atoms with Gasteiger partial charge in [0.2, 0.25) is 0 Å². The van der Waals surface area contributed by atoms with Crippen LogP contribution in [-0.2, 0) is 15.6 Å². The predicted octanol–water partition coefficient (Wildman–Crippen LogP) is 10.5. The molecule has 0 aromatic heterocycles. The first-order valence-corrected chi connectivity index (χ1v) is 15.6. The van der Waals surface area contributed by atoms with Crippen LogP contribution in [0.3, 0.4) is 0 Å². The van der Waals surface area contributed by atoms with Gasteiger partial charge in [-0.3, -0.25) is 0 Å². The third-order valence-electron chi connectivity index (χ3n) is 8.38. The Kier molecular flexibility index (Phi) is 12.7. The molecular formula is C33H37F9O5. The standard InChI is InChI=1S/C33H37F9O5/c1-2-3-4-5-21-17-43-30(44-18-21)13-8-20-6-9-22(10-7-20)32(39,40)46-23-11-12-25(26(34)14-23)33(41,42)47-24-15-27(35)31(28(36)16-24)45-19-29(37)38/h11-12,14-16,19-22,30H,2-10,13,17-18H2,1H3. The minimum absolute atomic E-state index is 0.145. The lowest BCUT2D eigenvalue weighted by atomic mass is 9.79. The summed E-state index contributed by atoms with van der Waals surface area (Å²) in [6.07, 6.45) is -3.89. The van der Waals surface area contributed by atoms with Crippen LogP contribution < -0.4 is 14.2 Å². The van der Waals surface area contributed by atoms with Gasteiger partial charge in [0.05, 0.1) is 19.1 Å². The number of unbranched alkanes of at least 4 members (excludes halogenated alkanes) is 2. The number of benzene rings is 2. The average Bonchev–Trinajstić information content (AvgIpc) is 3.00. The number of hydrogen-bond donors (Lipinski definition) is 0. The van der Waals surface area contributed by atoms with Crippen molar-refractivity contribution in [1.29, 1.82) is 0 Å². The fraction of sp³-hybridized carbons (Fsp3) is 0.576. The first kappa shape index (κ1) is 36.7. The minimum atomic E-state index is -4.53. The van der Waals surface area contributed by atoms with Crippen molar-refractivity contribution in [2.24, 2.45) is 17.8 Å². The molecule has 0 radical (unpaired) electrons. The van der Waals surface area contributed by atoms with Crippen LogP contribution in [0.15, 0.2) is 42.7 Å². The maximum absolute atomic E-state index is 15.0. The van der Waals surface area contributed by atoms with Crippen molar-refractivity contribution in [2.75, 3.05) is 13.2 Å². The zero-order chi connectivity index (χ0) is 34.2. The maximum atomic E-state index is 15.0. The molecular weight excluding hydrogens is 647 g/mol. The molecule has 0 unspecified atom stereocenters. The quantitative estimate of drug-likeness (QED) is 0.106. The Morgan fingerprint density at radius 1 is 0.787 bits per heavy atom. The van der Waals surface area contributed by atoms with E-state index in [9.17, 15) is 30.7 Å². The van der Waals surface area contributed by atoms with Gasteiger partial charge < -0.3 is 23.7 Å². The zero-order valence-corrected chi connectivity index (χ0v) is 25.7. The second-order valence-corrected chi connectivity index (χ2v) is 11.9. The van der Waals surface area contributed by atoms with Crippen molar-refractivity contribution in [1.82, 2.24) is 0 Å². The average molecular weight is 685 g/mol. The van der Waals surface area contributed by atoms with Crippen molar-refractivity contribution >= 4 is 0 Å². The van der Waals surface area contributed by atoms with Gasteiger partial charge in [-0.25, -0.2) is 13.2 Å². The summed E-state index contributed by atoms with van der Waals surface area (Å²) in [4.78, 5) is 0. The molecule has 2 aromatic rings. The van der Waals surface area contributed by atoms with E-state index in [1.54, 1.807) is 0 Å². The molecule has 2 fully saturated rings. The van der Waals surface area contributed by atoms with E-state index < -0.39 is 64.5 Å². The van der Waals surface area contributed by atoms with Gasteiger partial charge in [0.1, 0.15) is 22.9 Å². The molecule has 2 aromatic carbocycles.